The number of carboxylic acids is 1. The second kappa shape index (κ2) is 8.35. The fourth-order valence-corrected chi connectivity index (χ4v) is 6.64. The van der Waals surface area contributed by atoms with Crippen molar-refractivity contribution in [1.82, 2.24) is 4.40 Å². The summed E-state index contributed by atoms with van der Waals surface area (Å²) in [5.41, 5.74) is 3.54. The Balaban J connectivity index is 1.45. The molecule has 2 aromatic heterocycles. The van der Waals surface area contributed by atoms with Gasteiger partial charge in [-0.05, 0) is 76.4 Å². The average Bonchev–Trinajstić information content (AvgIpc) is 3.66. The van der Waals surface area contributed by atoms with Crippen LogP contribution in [0.25, 0.3) is 26.0 Å². The van der Waals surface area contributed by atoms with Gasteiger partial charge in [0.25, 0.3) is 5.56 Å². The molecule has 0 amide bonds. The fourth-order valence-electron chi connectivity index (χ4n) is 5.24. The first-order valence-corrected chi connectivity index (χ1v) is 12.9. The Bertz CT molecular complexity index is 1820. The van der Waals surface area contributed by atoms with Gasteiger partial charge in [-0.2, -0.15) is 0 Å². The second-order valence-electron chi connectivity index (χ2n) is 9.41. The first kappa shape index (κ1) is 21.9. The normalized spacial score (nSPS) is 14.4. The number of carboxylic acid groups (broad SMARTS) is 1. The van der Waals surface area contributed by atoms with Crippen LogP contribution in [0.2, 0.25) is 0 Å². The van der Waals surface area contributed by atoms with E-state index >= 15 is 0 Å². The van der Waals surface area contributed by atoms with E-state index in [4.69, 9.17) is 9.47 Å². The van der Waals surface area contributed by atoms with E-state index in [0.717, 1.165) is 40.3 Å². The minimum Gasteiger partial charge on any atom is -0.477 e. The van der Waals surface area contributed by atoms with Gasteiger partial charge in [-0.1, -0.05) is 42.5 Å². The Morgan fingerprint density at radius 1 is 0.946 bits per heavy atom. The number of aromatic carboxylic acids is 1. The summed E-state index contributed by atoms with van der Waals surface area (Å²) in [4.78, 5) is 27.3. The van der Waals surface area contributed by atoms with E-state index in [2.05, 4.69) is 24.3 Å². The van der Waals surface area contributed by atoms with E-state index < -0.39 is 5.97 Å². The van der Waals surface area contributed by atoms with Gasteiger partial charge in [-0.15, -0.1) is 11.3 Å². The second-order valence-corrected chi connectivity index (χ2v) is 10.4. The number of hydrogen-bond donors (Lipinski definition) is 1. The van der Waals surface area contributed by atoms with Crippen LogP contribution in [-0.2, 0) is 6.42 Å². The molecule has 3 heterocycles. The lowest BCUT2D eigenvalue weighted by Gasteiger charge is -2.13. The van der Waals surface area contributed by atoms with Gasteiger partial charge in [-0.3, -0.25) is 9.20 Å². The van der Waals surface area contributed by atoms with Crippen LogP contribution in [-0.4, -0.2) is 15.5 Å². The Morgan fingerprint density at radius 3 is 2.54 bits per heavy atom. The van der Waals surface area contributed by atoms with Crippen LogP contribution in [0.15, 0.2) is 84.0 Å². The Labute approximate surface area is 215 Å². The third-order valence-electron chi connectivity index (χ3n) is 7.04. The van der Waals surface area contributed by atoms with Crippen molar-refractivity contribution in [2.45, 2.75) is 25.2 Å². The molecule has 182 valence electrons. The molecule has 2 aliphatic rings. The van der Waals surface area contributed by atoms with E-state index in [1.807, 2.05) is 18.2 Å². The number of rotatable bonds is 5. The van der Waals surface area contributed by atoms with E-state index in [1.54, 1.807) is 24.3 Å². The zero-order valence-electron chi connectivity index (χ0n) is 19.6. The number of thiazole rings is 1. The van der Waals surface area contributed by atoms with E-state index in [-0.39, 0.29) is 11.3 Å². The van der Waals surface area contributed by atoms with Crippen molar-refractivity contribution in [3.05, 3.63) is 112 Å². The maximum atomic E-state index is 13.5. The van der Waals surface area contributed by atoms with Crippen molar-refractivity contribution in [3.63, 3.8) is 0 Å². The monoisotopic (exact) mass is 507 g/mol. The molecule has 3 aromatic carbocycles. The van der Waals surface area contributed by atoms with Gasteiger partial charge in [-0.25, -0.2) is 4.79 Å². The average molecular weight is 508 g/mol. The third kappa shape index (κ3) is 3.62. The molecule has 1 aliphatic carbocycles. The van der Waals surface area contributed by atoms with Gasteiger partial charge in [0.2, 0.25) is 0 Å². The van der Waals surface area contributed by atoms with Crippen molar-refractivity contribution in [3.8, 4) is 21.9 Å². The highest BCUT2D eigenvalue weighted by molar-refractivity contribution is 7.21. The zero-order chi connectivity index (χ0) is 25.1. The summed E-state index contributed by atoms with van der Waals surface area (Å²) >= 11 is 1.36. The molecule has 1 saturated carbocycles. The van der Waals surface area contributed by atoms with Gasteiger partial charge in [0.05, 0.1) is 4.88 Å². The summed E-state index contributed by atoms with van der Waals surface area (Å²) in [5, 5.41) is 12.5. The summed E-state index contributed by atoms with van der Waals surface area (Å²) in [7, 11) is 0. The number of aromatic nitrogens is 1. The minimum atomic E-state index is -1.14. The molecular weight excluding hydrogens is 486 g/mol. The predicted octanol–water partition coefficient (Wildman–Crippen LogP) is 6.59. The number of pyridine rings is 1. The number of nitrogens with zero attached hydrogens (tertiary/aromatic N) is 1. The molecule has 37 heavy (non-hydrogen) atoms. The summed E-state index contributed by atoms with van der Waals surface area (Å²) in [6.45, 7) is 0. The Morgan fingerprint density at radius 2 is 1.73 bits per heavy atom. The molecule has 0 bridgehead atoms. The molecule has 0 atom stereocenters. The third-order valence-corrected chi connectivity index (χ3v) is 8.26. The number of carbonyl (C=O) groups is 1. The smallest absolute Gasteiger partial charge is 0.354 e. The molecule has 6 nitrogen and oxygen atoms in total. The fraction of sp³-hybridized carbons (Fsp3) is 0.133. The molecule has 5 aromatic rings. The highest BCUT2D eigenvalue weighted by atomic mass is 32.1. The van der Waals surface area contributed by atoms with Gasteiger partial charge in [0.1, 0.15) is 17.4 Å². The summed E-state index contributed by atoms with van der Waals surface area (Å²) in [6, 6.07) is 21.4. The number of hydrogen-bond acceptors (Lipinski definition) is 5. The molecule has 0 spiro atoms. The number of ether oxygens (including phenoxy) is 2. The maximum absolute atomic E-state index is 13.5. The molecule has 0 unspecified atom stereocenters. The van der Waals surface area contributed by atoms with Crippen LogP contribution in [0.3, 0.4) is 0 Å². The SMILES string of the molecule is O=C(O)c1c(-c2ccc3c(c2)OC=CO3)sc2c(C3CC3)c(Cc3cccc4ccccc34)cc(=O)n12. The predicted molar refractivity (Wildman–Crippen MR) is 143 cm³/mol. The molecular formula is C30H21NO5S. The van der Waals surface area contributed by atoms with Gasteiger partial charge < -0.3 is 14.6 Å². The van der Waals surface area contributed by atoms with Crippen LogP contribution in [0.5, 0.6) is 11.5 Å². The van der Waals surface area contributed by atoms with Gasteiger partial charge >= 0.3 is 5.97 Å². The summed E-state index contributed by atoms with van der Waals surface area (Å²) in [5.74, 6) is 0.235. The van der Waals surface area contributed by atoms with Gasteiger partial charge in [0.15, 0.2) is 17.2 Å². The van der Waals surface area contributed by atoms with Crippen molar-refractivity contribution in [2.75, 3.05) is 0 Å². The quantitative estimate of drug-likeness (QED) is 0.290. The molecule has 7 heteroatoms. The maximum Gasteiger partial charge on any atom is 0.354 e. The van der Waals surface area contributed by atoms with Crippen LogP contribution in [0.1, 0.15) is 45.9 Å². The van der Waals surface area contributed by atoms with Crippen LogP contribution in [0.4, 0.5) is 0 Å². The van der Waals surface area contributed by atoms with Crippen molar-refractivity contribution >= 4 is 32.9 Å². The summed E-state index contributed by atoms with van der Waals surface area (Å²) in [6.07, 6.45) is 5.56. The highest BCUT2D eigenvalue weighted by Gasteiger charge is 2.33. The Kier molecular flexibility index (Phi) is 4.94. The highest BCUT2D eigenvalue weighted by Crippen LogP contribution is 2.47. The number of benzene rings is 3. The van der Waals surface area contributed by atoms with Crippen LogP contribution in [0, 0.1) is 0 Å². The first-order chi connectivity index (χ1) is 18.1. The molecule has 1 fully saturated rings. The zero-order valence-corrected chi connectivity index (χ0v) is 20.5. The molecule has 7 rings (SSSR count). The van der Waals surface area contributed by atoms with Crippen molar-refractivity contribution < 1.29 is 19.4 Å². The van der Waals surface area contributed by atoms with Crippen molar-refractivity contribution in [2.24, 2.45) is 0 Å². The lowest BCUT2D eigenvalue weighted by molar-refractivity contribution is 0.0690. The van der Waals surface area contributed by atoms with Crippen LogP contribution < -0.4 is 15.0 Å². The topological polar surface area (TPSA) is 77.2 Å². The van der Waals surface area contributed by atoms with E-state index in [9.17, 15) is 14.7 Å². The van der Waals surface area contributed by atoms with E-state index in [0.29, 0.717) is 39.1 Å². The minimum absolute atomic E-state index is 0.0177. The first-order valence-electron chi connectivity index (χ1n) is 12.1. The molecule has 0 saturated heterocycles. The number of fused-ring (bicyclic) bond motifs is 3. The Hall–Kier alpha value is -4.36. The molecule has 1 aliphatic heterocycles. The summed E-state index contributed by atoms with van der Waals surface area (Å²) < 4.78 is 12.4. The standard InChI is InChI=1S/C30H21NO5S/c32-25-16-21(14-19-6-3-5-17-4-1-2-7-22(17)19)26(18-8-9-18)29-31(25)27(30(33)34)28(37-29)20-10-11-23-24(15-20)36-13-12-35-23/h1-7,10-13,15-16,18H,8-9,14H2,(H,33,34). The van der Waals surface area contributed by atoms with Gasteiger partial charge in [0, 0.05) is 6.07 Å². The lowest BCUT2D eigenvalue weighted by atomic mass is 9.95. The van der Waals surface area contributed by atoms with E-state index in [1.165, 1.54) is 28.3 Å². The van der Waals surface area contributed by atoms with Crippen LogP contribution >= 0.6 is 11.3 Å². The molecule has 0 radical (unpaired) electrons. The lowest BCUT2D eigenvalue weighted by Crippen LogP contribution is -2.19. The largest absolute Gasteiger partial charge is 0.477 e. The van der Waals surface area contributed by atoms with Crippen molar-refractivity contribution in [1.29, 1.82) is 0 Å². The molecule has 1 N–H and O–H groups in total.